The van der Waals surface area contributed by atoms with Gasteiger partial charge < -0.3 is 10.2 Å². The highest BCUT2D eigenvalue weighted by Crippen LogP contribution is 2.45. The Balaban J connectivity index is 0.00000304. The van der Waals surface area contributed by atoms with Gasteiger partial charge in [0.2, 0.25) is 5.91 Å². The van der Waals surface area contributed by atoms with Crippen LogP contribution in [-0.4, -0.2) is 64.8 Å². The molecule has 8 nitrogen and oxygen atoms in total. The van der Waals surface area contributed by atoms with E-state index in [1.54, 1.807) is 29.4 Å². The molecule has 2 aliphatic heterocycles. The lowest BCUT2D eigenvalue weighted by molar-refractivity contribution is -0.120. The predicted molar refractivity (Wildman–Crippen MR) is 139 cm³/mol. The largest absolute Gasteiger partial charge is 0.311 e. The van der Waals surface area contributed by atoms with E-state index in [9.17, 15) is 14.9 Å². The van der Waals surface area contributed by atoms with Crippen molar-refractivity contribution >= 4 is 29.9 Å². The number of nitrogens with one attached hydrogen (secondary N) is 1. The van der Waals surface area contributed by atoms with Crippen LogP contribution in [0.15, 0.2) is 67.0 Å². The molecule has 0 aliphatic carbocycles. The second-order valence-electron chi connectivity index (χ2n) is 9.57. The van der Waals surface area contributed by atoms with E-state index >= 15 is 0 Å². The molecule has 2 aliphatic rings. The molecule has 1 aromatic heterocycles. The molecule has 1 fully saturated rings. The Bertz CT molecular complexity index is 1290. The van der Waals surface area contributed by atoms with Crippen LogP contribution in [0.4, 0.5) is 5.69 Å². The Hall–Kier alpha value is -3.51. The summed E-state index contributed by atoms with van der Waals surface area (Å²) in [6.45, 7) is 5.77. The minimum absolute atomic E-state index is 0. The predicted octanol–water partition coefficient (Wildman–Crippen LogP) is 2.83. The average Bonchev–Trinajstić information content (AvgIpc) is 3.52. The van der Waals surface area contributed by atoms with Gasteiger partial charge in [0.05, 0.1) is 18.2 Å². The zero-order chi connectivity index (χ0) is 24.6. The molecule has 3 heterocycles. The SMILES string of the molecule is C[C@@H]1CN(CC(=O)N2CC(C)(c3ccccc3)c3ccc(C#N)cc32)[C@@H](C(=O)n2cccn2)CN1.Cl. The monoisotopic (exact) mass is 504 g/mol. The van der Waals surface area contributed by atoms with Gasteiger partial charge >= 0.3 is 0 Å². The van der Waals surface area contributed by atoms with E-state index in [-0.39, 0.29) is 36.8 Å². The summed E-state index contributed by atoms with van der Waals surface area (Å²) < 4.78 is 1.33. The summed E-state index contributed by atoms with van der Waals surface area (Å²) in [5, 5.41) is 16.9. The van der Waals surface area contributed by atoms with Gasteiger partial charge in [0.15, 0.2) is 0 Å². The summed E-state index contributed by atoms with van der Waals surface area (Å²) in [7, 11) is 0. The summed E-state index contributed by atoms with van der Waals surface area (Å²) in [5.41, 5.74) is 3.01. The number of piperazine rings is 1. The number of hydrogen-bond acceptors (Lipinski definition) is 6. The van der Waals surface area contributed by atoms with Crippen molar-refractivity contribution in [3.8, 4) is 6.07 Å². The van der Waals surface area contributed by atoms with E-state index < -0.39 is 11.5 Å². The number of nitriles is 1. The minimum atomic E-state index is -0.497. The molecular weight excluding hydrogens is 476 g/mol. The van der Waals surface area contributed by atoms with Gasteiger partial charge in [0.1, 0.15) is 6.04 Å². The molecule has 0 spiro atoms. The molecule has 36 heavy (non-hydrogen) atoms. The number of anilines is 1. The van der Waals surface area contributed by atoms with Gasteiger partial charge in [-0.25, -0.2) is 4.68 Å². The fraction of sp³-hybridized carbons (Fsp3) is 0.333. The number of carbonyl (C=O) groups excluding carboxylic acids is 2. The third kappa shape index (κ3) is 4.53. The van der Waals surface area contributed by atoms with Crippen molar-refractivity contribution < 1.29 is 9.59 Å². The number of hydrogen-bond donors (Lipinski definition) is 1. The van der Waals surface area contributed by atoms with Crippen LogP contribution in [0.3, 0.4) is 0 Å². The van der Waals surface area contributed by atoms with Crippen LogP contribution in [-0.2, 0) is 10.2 Å². The number of rotatable bonds is 4. The summed E-state index contributed by atoms with van der Waals surface area (Å²) in [6, 6.07) is 19.3. The van der Waals surface area contributed by atoms with Crippen LogP contribution < -0.4 is 10.2 Å². The number of benzene rings is 2. The van der Waals surface area contributed by atoms with Crippen molar-refractivity contribution in [3.63, 3.8) is 0 Å². The number of fused-ring (bicyclic) bond motifs is 1. The van der Waals surface area contributed by atoms with Crippen molar-refractivity contribution in [2.75, 3.05) is 31.1 Å². The molecule has 0 radical (unpaired) electrons. The van der Waals surface area contributed by atoms with Gasteiger partial charge in [-0.2, -0.15) is 10.4 Å². The van der Waals surface area contributed by atoms with Crippen LogP contribution in [0.2, 0.25) is 0 Å². The van der Waals surface area contributed by atoms with E-state index in [0.29, 0.717) is 25.2 Å². The lowest BCUT2D eigenvalue weighted by Crippen LogP contribution is -2.61. The second kappa shape index (κ2) is 10.2. The number of halogens is 1. The zero-order valence-electron chi connectivity index (χ0n) is 20.3. The van der Waals surface area contributed by atoms with Crippen molar-refractivity contribution in [3.05, 3.63) is 83.7 Å². The first kappa shape index (κ1) is 25.6. The number of nitrogens with zero attached hydrogens (tertiary/aromatic N) is 5. The standard InChI is InChI=1S/C27H28N6O2.ClH/c1-19-16-31(24(15-29-19)26(35)33-12-6-11-30-33)17-25(34)32-18-27(2,21-7-4-3-5-8-21)22-10-9-20(14-28)13-23(22)32;/h3-13,19,24,29H,15-18H2,1-2H3;1H/t19-,24-,27?;/m1./s1. The highest BCUT2D eigenvalue weighted by atomic mass is 35.5. The first-order valence-electron chi connectivity index (χ1n) is 11.8. The molecule has 2 aromatic carbocycles. The Morgan fingerprint density at radius 2 is 1.97 bits per heavy atom. The fourth-order valence-electron chi connectivity index (χ4n) is 5.27. The fourth-order valence-corrected chi connectivity index (χ4v) is 5.27. The van der Waals surface area contributed by atoms with Crippen LogP contribution in [0.25, 0.3) is 0 Å². The van der Waals surface area contributed by atoms with Crippen LogP contribution in [0.5, 0.6) is 0 Å². The van der Waals surface area contributed by atoms with E-state index in [0.717, 1.165) is 16.8 Å². The molecule has 1 saturated heterocycles. The molecule has 0 bridgehead atoms. The Kier molecular flexibility index (Phi) is 7.27. The first-order valence-corrected chi connectivity index (χ1v) is 11.8. The van der Waals surface area contributed by atoms with Crippen molar-refractivity contribution in [1.82, 2.24) is 20.0 Å². The molecule has 1 unspecified atom stereocenters. The zero-order valence-corrected chi connectivity index (χ0v) is 21.1. The van der Waals surface area contributed by atoms with Crippen LogP contribution in [0, 0.1) is 11.3 Å². The molecule has 186 valence electrons. The smallest absolute Gasteiger partial charge is 0.265 e. The van der Waals surface area contributed by atoms with Gasteiger partial charge in [-0.05, 0) is 43.2 Å². The minimum Gasteiger partial charge on any atom is -0.311 e. The third-order valence-electron chi connectivity index (χ3n) is 7.16. The summed E-state index contributed by atoms with van der Waals surface area (Å²) in [4.78, 5) is 30.6. The van der Waals surface area contributed by atoms with E-state index in [2.05, 4.69) is 35.5 Å². The van der Waals surface area contributed by atoms with Crippen molar-refractivity contribution in [1.29, 1.82) is 5.26 Å². The molecule has 3 atom stereocenters. The Labute approximate surface area is 216 Å². The molecule has 5 rings (SSSR count). The van der Waals surface area contributed by atoms with Gasteiger partial charge in [0.25, 0.3) is 5.91 Å². The molecule has 1 N–H and O–H groups in total. The van der Waals surface area contributed by atoms with Crippen LogP contribution in [0.1, 0.15) is 35.3 Å². The third-order valence-corrected chi connectivity index (χ3v) is 7.16. The highest BCUT2D eigenvalue weighted by Gasteiger charge is 2.43. The second-order valence-corrected chi connectivity index (χ2v) is 9.57. The molecule has 0 saturated carbocycles. The molecular formula is C27H29ClN6O2. The summed E-state index contributed by atoms with van der Waals surface area (Å²) in [6.07, 6.45) is 3.20. The van der Waals surface area contributed by atoms with E-state index in [1.807, 2.05) is 42.2 Å². The van der Waals surface area contributed by atoms with Crippen molar-refractivity contribution in [2.45, 2.75) is 31.3 Å². The lowest BCUT2D eigenvalue weighted by Gasteiger charge is -2.38. The van der Waals surface area contributed by atoms with Crippen LogP contribution >= 0.6 is 12.4 Å². The van der Waals surface area contributed by atoms with Gasteiger partial charge in [-0.3, -0.25) is 14.5 Å². The quantitative estimate of drug-likeness (QED) is 0.587. The van der Waals surface area contributed by atoms with Gasteiger partial charge in [-0.15, -0.1) is 12.4 Å². The summed E-state index contributed by atoms with van der Waals surface area (Å²) in [5.74, 6) is -0.252. The maximum Gasteiger partial charge on any atom is 0.265 e. The number of amides is 1. The first-order chi connectivity index (χ1) is 16.9. The maximum atomic E-state index is 13.8. The van der Waals surface area contributed by atoms with E-state index in [1.165, 1.54) is 4.68 Å². The topological polar surface area (TPSA) is 94.3 Å². The molecule has 1 amide bonds. The average molecular weight is 505 g/mol. The summed E-state index contributed by atoms with van der Waals surface area (Å²) >= 11 is 0. The maximum absolute atomic E-state index is 13.8. The number of aromatic nitrogens is 2. The molecule has 3 aromatic rings. The Morgan fingerprint density at radius 1 is 1.19 bits per heavy atom. The van der Waals surface area contributed by atoms with Gasteiger partial charge in [0, 0.05) is 49.2 Å². The molecule has 9 heteroatoms. The lowest BCUT2D eigenvalue weighted by atomic mass is 9.78. The van der Waals surface area contributed by atoms with E-state index in [4.69, 9.17) is 0 Å². The Morgan fingerprint density at radius 3 is 2.67 bits per heavy atom. The van der Waals surface area contributed by atoms with Gasteiger partial charge in [-0.1, -0.05) is 36.4 Å². The number of carbonyl (C=O) groups is 2. The van der Waals surface area contributed by atoms with Crippen molar-refractivity contribution in [2.24, 2.45) is 0 Å². The highest BCUT2D eigenvalue weighted by molar-refractivity contribution is 5.98. The normalized spacial score (nSPS) is 23.4.